The van der Waals surface area contributed by atoms with E-state index in [9.17, 15) is 0 Å². The summed E-state index contributed by atoms with van der Waals surface area (Å²) in [5.41, 5.74) is 10.2. The van der Waals surface area contributed by atoms with Crippen LogP contribution in [0.2, 0.25) is 0 Å². The second kappa shape index (κ2) is 11.1. The molecule has 0 amide bonds. The first-order valence-corrected chi connectivity index (χ1v) is 13.2. The molecule has 8 nitrogen and oxygen atoms in total. The third-order valence-corrected chi connectivity index (χ3v) is 7.23. The van der Waals surface area contributed by atoms with E-state index in [4.69, 9.17) is 15.8 Å². The van der Waals surface area contributed by atoms with Gasteiger partial charge in [-0.3, -0.25) is 0 Å². The Balaban J connectivity index is 1.37. The molecule has 8 heteroatoms. The van der Waals surface area contributed by atoms with E-state index < -0.39 is 0 Å². The maximum Gasteiger partial charge on any atom is 0.205 e. The Bertz CT molecular complexity index is 1240. The quantitative estimate of drug-likeness (QED) is 0.346. The van der Waals surface area contributed by atoms with Gasteiger partial charge in [0.25, 0.3) is 0 Å². The second-order valence-corrected chi connectivity index (χ2v) is 10.4. The van der Waals surface area contributed by atoms with E-state index >= 15 is 0 Å². The molecule has 188 valence electrons. The van der Waals surface area contributed by atoms with E-state index in [1.807, 2.05) is 18.2 Å². The van der Waals surface area contributed by atoms with Gasteiger partial charge in [-0.2, -0.15) is 10.3 Å². The zero-order chi connectivity index (χ0) is 24.9. The van der Waals surface area contributed by atoms with Crippen LogP contribution in [0, 0.1) is 11.8 Å². The summed E-state index contributed by atoms with van der Waals surface area (Å²) in [6, 6.07) is 16.8. The lowest BCUT2D eigenvalue weighted by Crippen LogP contribution is -2.19. The molecule has 0 aliphatic heterocycles. The van der Waals surface area contributed by atoms with Gasteiger partial charge in [-0.1, -0.05) is 62.4 Å². The van der Waals surface area contributed by atoms with Crippen molar-refractivity contribution in [2.45, 2.75) is 64.8 Å². The zero-order valence-electron chi connectivity index (χ0n) is 21.3. The smallest absolute Gasteiger partial charge is 0.205 e. The Kier molecular flexibility index (Phi) is 7.51. The van der Waals surface area contributed by atoms with E-state index in [0.29, 0.717) is 17.7 Å². The van der Waals surface area contributed by atoms with Crippen LogP contribution in [0.15, 0.2) is 48.5 Å². The highest BCUT2D eigenvalue weighted by molar-refractivity contribution is 5.80. The highest BCUT2D eigenvalue weighted by Gasteiger charge is 2.26. The van der Waals surface area contributed by atoms with Crippen molar-refractivity contribution < 1.29 is 0 Å². The molecule has 1 saturated carbocycles. The van der Waals surface area contributed by atoms with Crippen LogP contribution < -0.4 is 5.73 Å². The summed E-state index contributed by atoms with van der Waals surface area (Å²) in [6.07, 6.45) is 6.88. The molecule has 4 aromatic rings. The first kappa shape index (κ1) is 24.3. The van der Waals surface area contributed by atoms with Crippen LogP contribution in [-0.4, -0.2) is 41.9 Å². The Labute approximate surface area is 212 Å². The molecule has 2 aromatic heterocycles. The van der Waals surface area contributed by atoms with Crippen LogP contribution in [-0.2, 0) is 13.0 Å². The Morgan fingerprint density at radius 2 is 1.75 bits per heavy atom. The average Bonchev–Trinajstić information content (AvgIpc) is 3.56. The molecule has 1 fully saturated rings. The van der Waals surface area contributed by atoms with Gasteiger partial charge in [0.2, 0.25) is 5.82 Å². The monoisotopic (exact) mass is 484 g/mol. The number of tetrazole rings is 1. The normalized spacial score (nSPS) is 18.1. The summed E-state index contributed by atoms with van der Waals surface area (Å²) in [4.78, 5) is 5.05. The maximum atomic E-state index is 5.81. The molecule has 1 aliphatic rings. The summed E-state index contributed by atoms with van der Waals surface area (Å²) < 4.78 is 2.16. The summed E-state index contributed by atoms with van der Waals surface area (Å²) in [6.45, 7) is 5.97. The van der Waals surface area contributed by atoms with Crippen molar-refractivity contribution in [3.05, 3.63) is 65.7 Å². The van der Waals surface area contributed by atoms with Crippen molar-refractivity contribution >= 4 is 0 Å². The number of hydrogen-bond acceptors (Lipinski definition) is 6. The fourth-order valence-corrected chi connectivity index (χ4v) is 5.39. The molecule has 0 radical (unpaired) electrons. The highest BCUT2D eigenvalue weighted by atomic mass is 15.5. The molecule has 2 aromatic carbocycles. The molecule has 0 atom stereocenters. The van der Waals surface area contributed by atoms with E-state index in [1.54, 1.807) is 0 Å². The lowest BCUT2D eigenvalue weighted by atomic mass is 9.80. The summed E-state index contributed by atoms with van der Waals surface area (Å²) in [5, 5.41) is 19.6. The second-order valence-electron chi connectivity index (χ2n) is 10.4. The van der Waals surface area contributed by atoms with Crippen molar-refractivity contribution in [1.29, 1.82) is 0 Å². The standard InChI is InChI=1S/C28H36N8/c1-19(2)17-26-30-28(23-13-7-20(8-14-23)15-16-29)36(33-26)18-21-9-11-22(12-10-21)24-5-3-4-6-25(24)27-31-34-35-32-27/h3-6,9-12,19-20,23H,7-8,13-18,29H2,1-2H3,(H,31,32,34,35). The van der Waals surface area contributed by atoms with Crippen molar-refractivity contribution in [1.82, 2.24) is 35.4 Å². The number of nitrogens with one attached hydrogen (secondary N) is 1. The van der Waals surface area contributed by atoms with Crippen LogP contribution in [0.25, 0.3) is 22.5 Å². The van der Waals surface area contributed by atoms with Gasteiger partial charge >= 0.3 is 0 Å². The minimum atomic E-state index is 0.480. The highest BCUT2D eigenvalue weighted by Crippen LogP contribution is 2.36. The molecule has 36 heavy (non-hydrogen) atoms. The molecular weight excluding hydrogens is 448 g/mol. The molecule has 0 spiro atoms. The Hall–Kier alpha value is -3.39. The van der Waals surface area contributed by atoms with Gasteiger partial charge in [-0.25, -0.2) is 9.67 Å². The molecule has 0 saturated heterocycles. The maximum absolute atomic E-state index is 5.81. The number of nitrogens with two attached hydrogens (primary N) is 1. The van der Waals surface area contributed by atoms with Crippen LogP contribution in [0.5, 0.6) is 0 Å². The first-order chi connectivity index (χ1) is 17.6. The minimum absolute atomic E-state index is 0.480. The van der Waals surface area contributed by atoms with Gasteiger partial charge in [0.15, 0.2) is 5.82 Å². The van der Waals surface area contributed by atoms with Crippen molar-refractivity contribution in [2.24, 2.45) is 17.6 Å². The summed E-state index contributed by atoms with van der Waals surface area (Å²) >= 11 is 0. The van der Waals surface area contributed by atoms with Crippen molar-refractivity contribution in [3.63, 3.8) is 0 Å². The molecule has 0 bridgehead atoms. The first-order valence-electron chi connectivity index (χ1n) is 13.2. The van der Waals surface area contributed by atoms with Gasteiger partial charge in [0, 0.05) is 17.9 Å². The number of nitrogens with zero attached hydrogens (tertiary/aromatic N) is 6. The van der Waals surface area contributed by atoms with Crippen LogP contribution in [0.3, 0.4) is 0 Å². The van der Waals surface area contributed by atoms with E-state index in [-0.39, 0.29) is 0 Å². The summed E-state index contributed by atoms with van der Waals surface area (Å²) in [5.74, 6) is 4.50. The van der Waals surface area contributed by atoms with Gasteiger partial charge in [-0.15, -0.1) is 10.2 Å². The fourth-order valence-electron chi connectivity index (χ4n) is 5.39. The lowest BCUT2D eigenvalue weighted by molar-refractivity contribution is 0.302. The zero-order valence-corrected chi connectivity index (χ0v) is 21.3. The molecule has 3 N–H and O–H groups in total. The molecule has 2 heterocycles. The molecule has 0 unspecified atom stereocenters. The Morgan fingerprint density at radius 3 is 2.42 bits per heavy atom. The van der Waals surface area contributed by atoms with Gasteiger partial charge in [0.1, 0.15) is 5.82 Å². The fraction of sp³-hybridized carbons (Fsp3) is 0.464. The third-order valence-electron chi connectivity index (χ3n) is 7.23. The predicted molar refractivity (Wildman–Crippen MR) is 141 cm³/mol. The number of hydrogen-bond donors (Lipinski definition) is 2. The van der Waals surface area contributed by atoms with Gasteiger partial charge in [-0.05, 0) is 72.4 Å². The number of aromatic nitrogens is 7. The Morgan fingerprint density at radius 1 is 1.00 bits per heavy atom. The van der Waals surface area contributed by atoms with E-state index in [0.717, 1.165) is 60.2 Å². The third kappa shape index (κ3) is 5.54. The predicted octanol–water partition coefficient (Wildman–Crippen LogP) is 4.99. The van der Waals surface area contributed by atoms with Crippen LogP contribution in [0.1, 0.15) is 69.1 Å². The summed E-state index contributed by atoms with van der Waals surface area (Å²) in [7, 11) is 0. The number of rotatable bonds is 9. The van der Waals surface area contributed by atoms with Crippen molar-refractivity contribution in [3.8, 4) is 22.5 Å². The number of H-pyrrole nitrogens is 1. The van der Waals surface area contributed by atoms with Crippen molar-refractivity contribution in [2.75, 3.05) is 6.54 Å². The topological polar surface area (TPSA) is 111 Å². The van der Waals surface area contributed by atoms with Gasteiger partial charge < -0.3 is 5.73 Å². The molecular formula is C28H36N8. The largest absolute Gasteiger partial charge is 0.330 e. The van der Waals surface area contributed by atoms with E-state index in [1.165, 1.54) is 31.2 Å². The molecule has 5 rings (SSSR count). The SMILES string of the molecule is CC(C)Cc1nc(C2CCC(CCN)CC2)n(Cc2ccc(-c3ccccc3-c3nn[nH]n3)cc2)n1. The van der Waals surface area contributed by atoms with Gasteiger partial charge in [0.05, 0.1) is 6.54 Å². The van der Waals surface area contributed by atoms with Crippen LogP contribution >= 0.6 is 0 Å². The molecule has 1 aliphatic carbocycles. The minimum Gasteiger partial charge on any atom is -0.330 e. The number of benzene rings is 2. The lowest BCUT2D eigenvalue weighted by Gasteiger charge is -2.27. The van der Waals surface area contributed by atoms with Crippen LogP contribution in [0.4, 0.5) is 0 Å². The van der Waals surface area contributed by atoms with E-state index in [2.05, 4.69) is 69.5 Å². The number of aromatic amines is 1. The average molecular weight is 485 g/mol.